The van der Waals surface area contributed by atoms with Gasteiger partial charge in [-0.15, -0.1) is 0 Å². The highest BCUT2D eigenvalue weighted by atomic mass is 19.1. The van der Waals surface area contributed by atoms with E-state index in [1.165, 1.54) is 19.2 Å². The zero-order valence-corrected chi connectivity index (χ0v) is 13.5. The van der Waals surface area contributed by atoms with E-state index in [4.69, 9.17) is 9.47 Å². The molecule has 24 heavy (non-hydrogen) atoms. The second-order valence-electron chi connectivity index (χ2n) is 5.68. The molecule has 3 nitrogen and oxygen atoms in total. The molecule has 0 aliphatic carbocycles. The SMILES string of the molecule is C=C1C(C(=O)OC)=C(c2ccccc2)O[C@@]1(C)c1ccc(F)cc1. The lowest BCUT2D eigenvalue weighted by Crippen LogP contribution is -2.24. The smallest absolute Gasteiger partial charge is 0.342 e. The first-order valence-electron chi connectivity index (χ1n) is 7.50. The fraction of sp³-hybridized carbons (Fsp3) is 0.150. The first kappa shape index (κ1) is 16.0. The summed E-state index contributed by atoms with van der Waals surface area (Å²) in [5.41, 5.74) is 1.28. The average Bonchev–Trinajstić information content (AvgIpc) is 2.88. The van der Waals surface area contributed by atoms with Crippen LogP contribution in [0.5, 0.6) is 0 Å². The zero-order chi connectivity index (χ0) is 17.3. The van der Waals surface area contributed by atoms with Crippen molar-refractivity contribution in [3.8, 4) is 0 Å². The van der Waals surface area contributed by atoms with Gasteiger partial charge in [0, 0.05) is 11.1 Å². The molecule has 1 aliphatic heterocycles. The molecule has 0 amide bonds. The van der Waals surface area contributed by atoms with Crippen LogP contribution in [0.15, 0.2) is 72.3 Å². The lowest BCUT2D eigenvalue weighted by molar-refractivity contribution is -0.135. The van der Waals surface area contributed by atoms with Crippen LogP contribution in [-0.2, 0) is 19.9 Å². The molecule has 1 heterocycles. The molecular weight excluding hydrogens is 307 g/mol. The Hall–Kier alpha value is -2.88. The van der Waals surface area contributed by atoms with Crippen LogP contribution < -0.4 is 0 Å². The normalized spacial score (nSPS) is 20.0. The van der Waals surface area contributed by atoms with Crippen molar-refractivity contribution in [3.05, 3.63) is 89.3 Å². The number of halogens is 1. The Kier molecular flexibility index (Phi) is 3.97. The van der Waals surface area contributed by atoms with Gasteiger partial charge in [0.2, 0.25) is 0 Å². The van der Waals surface area contributed by atoms with Crippen molar-refractivity contribution in [1.29, 1.82) is 0 Å². The lowest BCUT2D eigenvalue weighted by atomic mass is 9.86. The highest BCUT2D eigenvalue weighted by Crippen LogP contribution is 2.48. The average molecular weight is 324 g/mol. The number of carbonyl (C=O) groups excluding carboxylic acids is 1. The molecule has 1 atom stereocenters. The Labute approximate surface area is 140 Å². The van der Waals surface area contributed by atoms with Crippen molar-refractivity contribution in [3.63, 3.8) is 0 Å². The molecule has 2 aromatic carbocycles. The molecule has 0 radical (unpaired) electrons. The van der Waals surface area contributed by atoms with Crippen molar-refractivity contribution in [1.82, 2.24) is 0 Å². The molecule has 122 valence electrons. The zero-order valence-electron chi connectivity index (χ0n) is 13.5. The van der Waals surface area contributed by atoms with Crippen LogP contribution in [0.3, 0.4) is 0 Å². The second kappa shape index (κ2) is 5.96. The molecule has 0 aromatic heterocycles. The van der Waals surface area contributed by atoms with Crippen LogP contribution in [-0.4, -0.2) is 13.1 Å². The Morgan fingerprint density at radius 2 is 1.75 bits per heavy atom. The minimum absolute atomic E-state index is 0.301. The van der Waals surface area contributed by atoms with Crippen LogP contribution in [0.4, 0.5) is 4.39 Å². The number of methoxy groups -OCH3 is 1. The number of ether oxygens (including phenoxy) is 2. The van der Waals surface area contributed by atoms with E-state index in [1.54, 1.807) is 19.1 Å². The first-order chi connectivity index (χ1) is 11.5. The van der Waals surface area contributed by atoms with Crippen LogP contribution in [0.1, 0.15) is 18.1 Å². The fourth-order valence-electron chi connectivity index (χ4n) is 2.80. The molecule has 3 rings (SSSR count). The monoisotopic (exact) mass is 324 g/mol. The van der Waals surface area contributed by atoms with Crippen molar-refractivity contribution >= 4 is 11.7 Å². The van der Waals surface area contributed by atoms with Crippen LogP contribution in [0.25, 0.3) is 5.76 Å². The van der Waals surface area contributed by atoms with Gasteiger partial charge in [-0.25, -0.2) is 9.18 Å². The summed E-state index contributed by atoms with van der Waals surface area (Å²) in [7, 11) is 1.32. The summed E-state index contributed by atoms with van der Waals surface area (Å²) in [5.74, 6) is -0.431. The number of esters is 1. The van der Waals surface area contributed by atoms with Gasteiger partial charge in [0.25, 0.3) is 0 Å². The highest BCUT2D eigenvalue weighted by molar-refractivity contribution is 6.02. The molecule has 0 N–H and O–H groups in total. The van der Waals surface area contributed by atoms with Gasteiger partial charge < -0.3 is 9.47 Å². The number of benzene rings is 2. The van der Waals surface area contributed by atoms with E-state index in [1.807, 2.05) is 30.3 Å². The van der Waals surface area contributed by atoms with Crippen LogP contribution in [0, 0.1) is 5.82 Å². The predicted octanol–water partition coefficient (Wildman–Crippen LogP) is 4.21. The summed E-state index contributed by atoms with van der Waals surface area (Å²) in [5, 5.41) is 0. The lowest BCUT2D eigenvalue weighted by Gasteiger charge is -2.27. The van der Waals surface area contributed by atoms with Crippen LogP contribution >= 0.6 is 0 Å². The van der Waals surface area contributed by atoms with Gasteiger partial charge in [-0.3, -0.25) is 0 Å². The molecule has 0 spiro atoms. The largest absolute Gasteiger partial charge is 0.477 e. The van der Waals surface area contributed by atoms with Crippen molar-refractivity contribution in [2.45, 2.75) is 12.5 Å². The number of hydrogen-bond acceptors (Lipinski definition) is 3. The van der Waals surface area contributed by atoms with Gasteiger partial charge >= 0.3 is 5.97 Å². The van der Waals surface area contributed by atoms with E-state index in [0.717, 1.165) is 5.56 Å². The summed E-state index contributed by atoms with van der Waals surface area (Å²) in [6.45, 7) is 5.86. The molecule has 0 bridgehead atoms. The first-order valence-corrected chi connectivity index (χ1v) is 7.50. The molecule has 0 fully saturated rings. The van der Waals surface area contributed by atoms with E-state index >= 15 is 0 Å². The Morgan fingerprint density at radius 1 is 1.12 bits per heavy atom. The van der Waals surface area contributed by atoms with E-state index < -0.39 is 11.6 Å². The summed E-state index contributed by atoms with van der Waals surface area (Å²) in [4.78, 5) is 12.3. The molecule has 0 unspecified atom stereocenters. The predicted molar refractivity (Wildman–Crippen MR) is 89.4 cm³/mol. The molecule has 1 aliphatic rings. The third-order valence-corrected chi connectivity index (χ3v) is 4.23. The molecule has 0 saturated heterocycles. The van der Waals surface area contributed by atoms with Gasteiger partial charge in [0.1, 0.15) is 17.1 Å². The van der Waals surface area contributed by atoms with Crippen molar-refractivity contribution in [2.24, 2.45) is 0 Å². The van der Waals surface area contributed by atoms with Crippen molar-refractivity contribution in [2.75, 3.05) is 7.11 Å². The highest BCUT2D eigenvalue weighted by Gasteiger charge is 2.45. The molecule has 4 heteroatoms. The molecule has 0 saturated carbocycles. The van der Waals surface area contributed by atoms with Crippen LogP contribution in [0.2, 0.25) is 0 Å². The molecule has 2 aromatic rings. The summed E-state index contributed by atoms with van der Waals surface area (Å²) < 4.78 is 24.3. The summed E-state index contributed by atoms with van der Waals surface area (Å²) >= 11 is 0. The minimum Gasteiger partial charge on any atom is -0.477 e. The van der Waals surface area contributed by atoms with E-state index in [2.05, 4.69) is 6.58 Å². The minimum atomic E-state index is -0.970. The quantitative estimate of drug-likeness (QED) is 0.793. The van der Waals surface area contributed by atoms with Gasteiger partial charge in [0.15, 0.2) is 5.60 Å². The summed E-state index contributed by atoms with van der Waals surface area (Å²) in [6.07, 6.45) is 0. The Balaban J connectivity index is 2.12. The van der Waals surface area contributed by atoms with Crippen molar-refractivity contribution < 1.29 is 18.7 Å². The van der Waals surface area contributed by atoms with E-state index in [9.17, 15) is 9.18 Å². The third-order valence-electron chi connectivity index (χ3n) is 4.23. The Morgan fingerprint density at radius 3 is 2.33 bits per heavy atom. The van der Waals surface area contributed by atoms with Gasteiger partial charge in [-0.2, -0.15) is 0 Å². The third kappa shape index (κ3) is 2.50. The number of carbonyl (C=O) groups is 1. The molecular formula is C20H17FO3. The fourth-order valence-corrected chi connectivity index (χ4v) is 2.80. The van der Waals surface area contributed by atoms with Gasteiger partial charge in [-0.05, 0) is 24.6 Å². The maximum Gasteiger partial charge on any atom is 0.342 e. The second-order valence-corrected chi connectivity index (χ2v) is 5.68. The maximum atomic E-state index is 13.2. The topological polar surface area (TPSA) is 35.5 Å². The van der Waals surface area contributed by atoms with E-state index in [0.29, 0.717) is 22.5 Å². The van der Waals surface area contributed by atoms with Gasteiger partial charge in [0.05, 0.1) is 7.11 Å². The maximum absolute atomic E-state index is 13.2. The summed E-state index contributed by atoms with van der Waals surface area (Å²) in [6, 6.07) is 15.3. The Bertz CT molecular complexity index is 822. The number of hydrogen-bond donors (Lipinski definition) is 0. The standard InChI is InChI=1S/C20H17FO3/c1-13-17(19(22)23-3)18(14-7-5-4-6-8-14)24-20(13,2)15-9-11-16(21)12-10-15/h4-12H,1H2,2-3H3/t20-/m1/s1. The van der Waals surface area contributed by atoms with Gasteiger partial charge in [-0.1, -0.05) is 49.0 Å². The number of rotatable bonds is 3. The van der Waals surface area contributed by atoms with E-state index in [-0.39, 0.29) is 5.82 Å².